The van der Waals surface area contributed by atoms with E-state index in [2.05, 4.69) is 15.9 Å². The van der Waals surface area contributed by atoms with Crippen molar-refractivity contribution < 1.29 is 18.0 Å². The Balaban J connectivity index is 2.44. The molecule has 0 amide bonds. The van der Waals surface area contributed by atoms with E-state index in [9.17, 15) is 18.0 Å². The lowest BCUT2D eigenvalue weighted by Crippen LogP contribution is -2.05. The Hall–Kier alpha value is -1.62. The van der Waals surface area contributed by atoms with Gasteiger partial charge in [-0.15, -0.1) is 0 Å². The van der Waals surface area contributed by atoms with Crippen molar-refractivity contribution in [3.8, 4) is 0 Å². The zero-order chi connectivity index (χ0) is 13.3. The molecule has 0 saturated heterocycles. The van der Waals surface area contributed by atoms with Crippen LogP contribution in [0.1, 0.15) is 15.9 Å². The van der Waals surface area contributed by atoms with Crippen LogP contribution in [0.25, 0.3) is 0 Å². The van der Waals surface area contributed by atoms with Crippen LogP contribution in [0, 0.1) is 17.5 Å². The molecule has 0 aromatic heterocycles. The summed E-state index contributed by atoms with van der Waals surface area (Å²) in [5.74, 6) is -2.86. The maximum absolute atomic E-state index is 13.4. The van der Waals surface area contributed by atoms with Crippen LogP contribution in [0.5, 0.6) is 0 Å². The van der Waals surface area contributed by atoms with E-state index in [-0.39, 0.29) is 15.6 Å². The standard InChI is InChI=1S/C13H6BrF3O/c14-10-5-7(1-4-11(10)16)13(18)9-3-2-8(15)6-12(9)17/h1-6H. The summed E-state index contributed by atoms with van der Waals surface area (Å²) in [5, 5.41) is 0. The monoisotopic (exact) mass is 314 g/mol. The second-order valence-corrected chi connectivity index (χ2v) is 4.44. The highest BCUT2D eigenvalue weighted by molar-refractivity contribution is 9.10. The molecule has 0 aliphatic heterocycles. The van der Waals surface area contributed by atoms with Gasteiger partial charge in [0.2, 0.25) is 0 Å². The molecule has 0 spiro atoms. The number of carbonyl (C=O) groups is 1. The largest absolute Gasteiger partial charge is 0.288 e. The zero-order valence-electron chi connectivity index (χ0n) is 8.88. The number of rotatable bonds is 2. The highest BCUT2D eigenvalue weighted by atomic mass is 79.9. The van der Waals surface area contributed by atoms with Crippen molar-refractivity contribution in [1.82, 2.24) is 0 Å². The molecule has 0 aliphatic rings. The molecule has 5 heteroatoms. The topological polar surface area (TPSA) is 17.1 Å². The first-order valence-corrected chi connectivity index (χ1v) is 5.73. The fourth-order valence-electron chi connectivity index (χ4n) is 1.47. The van der Waals surface area contributed by atoms with Gasteiger partial charge in [-0.2, -0.15) is 0 Å². The molecule has 0 fully saturated rings. The number of hydrogen-bond donors (Lipinski definition) is 0. The lowest BCUT2D eigenvalue weighted by atomic mass is 10.0. The summed E-state index contributed by atoms with van der Waals surface area (Å²) in [7, 11) is 0. The first-order chi connectivity index (χ1) is 8.49. The van der Waals surface area contributed by atoms with Crippen LogP contribution in [-0.2, 0) is 0 Å². The van der Waals surface area contributed by atoms with Gasteiger partial charge in [0.15, 0.2) is 5.78 Å². The van der Waals surface area contributed by atoms with Gasteiger partial charge in [-0.05, 0) is 46.3 Å². The third kappa shape index (κ3) is 2.46. The van der Waals surface area contributed by atoms with Crippen LogP contribution < -0.4 is 0 Å². The van der Waals surface area contributed by atoms with Crippen molar-refractivity contribution in [2.45, 2.75) is 0 Å². The van der Waals surface area contributed by atoms with E-state index in [4.69, 9.17) is 0 Å². The highest BCUT2D eigenvalue weighted by Crippen LogP contribution is 2.20. The van der Waals surface area contributed by atoms with E-state index in [1.807, 2.05) is 0 Å². The number of ketones is 1. The van der Waals surface area contributed by atoms with E-state index in [1.54, 1.807) is 0 Å². The Morgan fingerprint density at radius 2 is 1.67 bits per heavy atom. The minimum absolute atomic E-state index is 0.107. The molecular formula is C13H6BrF3O. The lowest BCUT2D eigenvalue weighted by molar-refractivity contribution is 0.103. The van der Waals surface area contributed by atoms with Gasteiger partial charge >= 0.3 is 0 Å². The van der Waals surface area contributed by atoms with Crippen LogP contribution in [0.15, 0.2) is 40.9 Å². The summed E-state index contributed by atoms with van der Waals surface area (Å²) in [4.78, 5) is 11.9. The Kier molecular flexibility index (Phi) is 3.52. The van der Waals surface area contributed by atoms with Crippen molar-refractivity contribution >= 4 is 21.7 Å². The molecule has 0 N–H and O–H groups in total. The molecule has 18 heavy (non-hydrogen) atoms. The summed E-state index contributed by atoms with van der Waals surface area (Å²) in [5.41, 5.74) is -0.135. The average Bonchev–Trinajstić information content (AvgIpc) is 2.32. The molecule has 0 heterocycles. The normalized spacial score (nSPS) is 10.4. The third-order valence-electron chi connectivity index (χ3n) is 2.36. The van der Waals surface area contributed by atoms with Gasteiger partial charge < -0.3 is 0 Å². The molecule has 92 valence electrons. The van der Waals surface area contributed by atoms with E-state index in [1.165, 1.54) is 12.1 Å². The molecule has 2 aromatic carbocycles. The maximum Gasteiger partial charge on any atom is 0.196 e. The summed E-state index contributed by atoms with van der Waals surface area (Å²) in [6.45, 7) is 0. The molecule has 2 aromatic rings. The molecule has 0 saturated carbocycles. The molecule has 0 radical (unpaired) electrons. The number of carbonyl (C=O) groups excluding carboxylic acids is 1. The van der Waals surface area contributed by atoms with Crippen LogP contribution in [0.4, 0.5) is 13.2 Å². The molecular weight excluding hydrogens is 309 g/mol. The highest BCUT2D eigenvalue weighted by Gasteiger charge is 2.15. The Bertz CT molecular complexity index is 626. The first kappa shape index (κ1) is 12.8. The summed E-state index contributed by atoms with van der Waals surface area (Å²) >= 11 is 2.94. The predicted molar refractivity (Wildman–Crippen MR) is 63.9 cm³/mol. The van der Waals surface area contributed by atoms with Gasteiger partial charge in [-0.3, -0.25) is 4.79 Å². The lowest BCUT2D eigenvalue weighted by Gasteiger charge is -2.04. The summed E-state index contributed by atoms with van der Waals surface area (Å²) < 4.78 is 39.3. The van der Waals surface area contributed by atoms with Gasteiger partial charge in [0.25, 0.3) is 0 Å². The van der Waals surface area contributed by atoms with E-state index in [0.29, 0.717) is 6.07 Å². The Morgan fingerprint density at radius 1 is 0.944 bits per heavy atom. The second kappa shape index (κ2) is 4.94. The molecule has 2 rings (SSSR count). The molecule has 0 unspecified atom stereocenters. The number of hydrogen-bond acceptors (Lipinski definition) is 1. The van der Waals surface area contributed by atoms with Crippen LogP contribution in [-0.4, -0.2) is 5.78 Å². The van der Waals surface area contributed by atoms with Crippen molar-refractivity contribution in [2.75, 3.05) is 0 Å². The van der Waals surface area contributed by atoms with Crippen molar-refractivity contribution in [3.63, 3.8) is 0 Å². The van der Waals surface area contributed by atoms with Gasteiger partial charge in [0.1, 0.15) is 17.5 Å². The van der Waals surface area contributed by atoms with Crippen molar-refractivity contribution in [1.29, 1.82) is 0 Å². The molecule has 0 bridgehead atoms. The maximum atomic E-state index is 13.4. The van der Waals surface area contributed by atoms with Crippen LogP contribution in [0.2, 0.25) is 0 Å². The van der Waals surface area contributed by atoms with Gasteiger partial charge in [0, 0.05) is 11.6 Å². The van der Waals surface area contributed by atoms with Crippen molar-refractivity contribution in [3.05, 3.63) is 69.4 Å². The first-order valence-electron chi connectivity index (χ1n) is 4.94. The van der Waals surface area contributed by atoms with Crippen LogP contribution in [0.3, 0.4) is 0 Å². The number of halogens is 4. The Labute approximate surface area is 109 Å². The average molecular weight is 315 g/mol. The Morgan fingerprint density at radius 3 is 2.28 bits per heavy atom. The quantitative estimate of drug-likeness (QED) is 0.763. The van der Waals surface area contributed by atoms with E-state index < -0.39 is 23.2 Å². The van der Waals surface area contributed by atoms with Gasteiger partial charge in [0.05, 0.1) is 10.0 Å². The zero-order valence-corrected chi connectivity index (χ0v) is 10.5. The SMILES string of the molecule is O=C(c1ccc(F)c(Br)c1)c1ccc(F)cc1F. The second-order valence-electron chi connectivity index (χ2n) is 3.58. The summed E-state index contributed by atoms with van der Waals surface area (Å²) in [6, 6.07) is 6.27. The molecule has 1 nitrogen and oxygen atoms in total. The van der Waals surface area contributed by atoms with Crippen molar-refractivity contribution in [2.24, 2.45) is 0 Å². The van der Waals surface area contributed by atoms with Crippen LogP contribution >= 0.6 is 15.9 Å². The molecule has 0 atom stereocenters. The smallest absolute Gasteiger partial charge is 0.196 e. The fraction of sp³-hybridized carbons (Fsp3) is 0. The van der Waals surface area contributed by atoms with Gasteiger partial charge in [-0.25, -0.2) is 13.2 Å². The van der Waals surface area contributed by atoms with Gasteiger partial charge in [-0.1, -0.05) is 0 Å². The number of benzene rings is 2. The van der Waals surface area contributed by atoms with E-state index in [0.717, 1.165) is 18.2 Å². The minimum atomic E-state index is -0.944. The minimum Gasteiger partial charge on any atom is -0.288 e. The fourth-order valence-corrected chi connectivity index (χ4v) is 1.85. The predicted octanol–water partition coefficient (Wildman–Crippen LogP) is 4.10. The summed E-state index contributed by atoms with van der Waals surface area (Å²) in [6.07, 6.45) is 0. The van der Waals surface area contributed by atoms with E-state index >= 15 is 0 Å². The third-order valence-corrected chi connectivity index (χ3v) is 2.97. The molecule has 0 aliphatic carbocycles.